The molecule has 2 aliphatic rings. The van der Waals surface area contributed by atoms with Crippen molar-refractivity contribution in [1.82, 2.24) is 10.2 Å². The standard InChI is InChI=1S/C24H39N3O4.HI/c1-4-31-22-7-5-21(6-8-22)24(10-13-29-14-11-24)19-26-23(25-2)27-12-9-20(17-27)18-30-16-15-28-3;/h5-8,20H,4,9-19H2,1-3H3,(H,25,26);1H. The van der Waals surface area contributed by atoms with Gasteiger partial charge in [0.15, 0.2) is 5.96 Å². The van der Waals surface area contributed by atoms with Crippen molar-refractivity contribution in [2.24, 2.45) is 10.9 Å². The van der Waals surface area contributed by atoms with E-state index in [1.54, 1.807) is 7.11 Å². The Labute approximate surface area is 210 Å². The van der Waals surface area contributed by atoms with Gasteiger partial charge in [-0.2, -0.15) is 0 Å². The van der Waals surface area contributed by atoms with Gasteiger partial charge in [-0.05, 0) is 43.9 Å². The van der Waals surface area contributed by atoms with Crippen LogP contribution in [0.15, 0.2) is 29.3 Å². The van der Waals surface area contributed by atoms with Gasteiger partial charge in [0.25, 0.3) is 0 Å². The number of hydrogen-bond acceptors (Lipinski definition) is 5. The summed E-state index contributed by atoms with van der Waals surface area (Å²) in [4.78, 5) is 6.94. The van der Waals surface area contributed by atoms with Gasteiger partial charge in [0.2, 0.25) is 0 Å². The Balaban J connectivity index is 0.00000363. The van der Waals surface area contributed by atoms with E-state index in [9.17, 15) is 0 Å². The van der Waals surface area contributed by atoms with Crippen LogP contribution in [-0.2, 0) is 19.6 Å². The normalized spacial score (nSPS) is 20.7. The van der Waals surface area contributed by atoms with Gasteiger partial charge in [0.1, 0.15) is 5.75 Å². The summed E-state index contributed by atoms with van der Waals surface area (Å²) < 4.78 is 22.1. The summed E-state index contributed by atoms with van der Waals surface area (Å²) in [6.07, 6.45) is 3.13. The number of nitrogens with one attached hydrogen (secondary N) is 1. The van der Waals surface area contributed by atoms with Crippen molar-refractivity contribution in [3.8, 4) is 5.75 Å². The molecule has 3 rings (SSSR count). The number of halogens is 1. The van der Waals surface area contributed by atoms with Crippen LogP contribution in [0.5, 0.6) is 5.75 Å². The molecule has 1 atom stereocenters. The van der Waals surface area contributed by atoms with E-state index in [0.29, 0.717) is 25.7 Å². The van der Waals surface area contributed by atoms with Crippen molar-refractivity contribution in [2.45, 2.75) is 31.6 Å². The Morgan fingerprint density at radius 2 is 1.97 bits per heavy atom. The lowest BCUT2D eigenvalue weighted by atomic mass is 9.74. The maximum Gasteiger partial charge on any atom is 0.193 e. The van der Waals surface area contributed by atoms with E-state index in [2.05, 4.69) is 39.5 Å². The lowest BCUT2D eigenvalue weighted by Gasteiger charge is -2.39. The Morgan fingerprint density at radius 1 is 1.22 bits per heavy atom. The molecule has 0 bridgehead atoms. The topological polar surface area (TPSA) is 64.6 Å². The number of rotatable bonds is 10. The highest BCUT2D eigenvalue weighted by Crippen LogP contribution is 2.35. The molecule has 1 aromatic rings. The van der Waals surface area contributed by atoms with Crippen LogP contribution < -0.4 is 10.1 Å². The summed E-state index contributed by atoms with van der Waals surface area (Å²) in [7, 11) is 3.58. The quantitative estimate of drug-likeness (QED) is 0.205. The van der Waals surface area contributed by atoms with Crippen LogP contribution in [0.3, 0.4) is 0 Å². The van der Waals surface area contributed by atoms with Crippen LogP contribution in [0.2, 0.25) is 0 Å². The van der Waals surface area contributed by atoms with Gasteiger partial charge in [-0.1, -0.05) is 12.1 Å². The minimum atomic E-state index is 0. The van der Waals surface area contributed by atoms with Crippen molar-refractivity contribution in [3.05, 3.63) is 29.8 Å². The number of methoxy groups -OCH3 is 1. The van der Waals surface area contributed by atoms with E-state index in [4.69, 9.17) is 18.9 Å². The second-order valence-electron chi connectivity index (χ2n) is 8.42. The molecule has 2 aliphatic heterocycles. The van der Waals surface area contributed by atoms with E-state index in [1.165, 1.54) is 5.56 Å². The van der Waals surface area contributed by atoms with Crippen LogP contribution in [0, 0.1) is 5.92 Å². The number of likely N-dealkylation sites (tertiary alicyclic amines) is 1. The molecule has 2 saturated heterocycles. The van der Waals surface area contributed by atoms with Gasteiger partial charge in [0.05, 0.1) is 26.4 Å². The predicted molar refractivity (Wildman–Crippen MR) is 138 cm³/mol. The number of benzene rings is 1. The molecule has 0 amide bonds. The Hall–Kier alpha value is -1.10. The third kappa shape index (κ3) is 7.46. The van der Waals surface area contributed by atoms with Crippen molar-refractivity contribution < 1.29 is 18.9 Å². The lowest BCUT2D eigenvalue weighted by molar-refractivity contribution is 0.0509. The smallest absolute Gasteiger partial charge is 0.193 e. The van der Waals surface area contributed by atoms with E-state index in [1.807, 2.05) is 14.0 Å². The Morgan fingerprint density at radius 3 is 2.62 bits per heavy atom. The fraction of sp³-hybridized carbons (Fsp3) is 0.708. The zero-order chi connectivity index (χ0) is 21.9. The molecule has 182 valence electrons. The molecule has 0 aromatic heterocycles. The zero-order valence-electron chi connectivity index (χ0n) is 19.8. The molecule has 8 heteroatoms. The second kappa shape index (κ2) is 14.2. The minimum Gasteiger partial charge on any atom is -0.494 e. The van der Waals surface area contributed by atoms with Crippen LogP contribution >= 0.6 is 24.0 Å². The zero-order valence-corrected chi connectivity index (χ0v) is 22.1. The van der Waals surface area contributed by atoms with Crippen molar-refractivity contribution >= 4 is 29.9 Å². The maximum atomic E-state index is 5.74. The molecule has 0 radical (unpaired) electrons. The number of aliphatic imine (C=N–C) groups is 1. The van der Waals surface area contributed by atoms with Gasteiger partial charge in [-0.25, -0.2) is 0 Å². The molecular weight excluding hydrogens is 521 g/mol. The average Bonchev–Trinajstić information content (AvgIpc) is 3.27. The molecular formula is C24H40IN3O4. The van der Waals surface area contributed by atoms with Crippen LogP contribution in [0.25, 0.3) is 0 Å². The number of ether oxygens (including phenoxy) is 4. The van der Waals surface area contributed by atoms with Crippen molar-refractivity contribution in [1.29, 1.82) is 0 Å². The van der Waals surface area contributed by atoms with Gasteiger partial charge >= 0.3 is 0 Å². The molecule has 2 fully saturated rings. The highest BCUT2D eigenvalue weighted by atomic mass is 127. The fourth-order valence-corrected chi connectivity index (χ4v) is 4.53. The molecule has 1 N–H and O–H groups in total. The fourth-order valence-electron chi connectivity index (χ4n) is 4.53. The summed E-state index contributed by atoms with van der Waals surface area (Å²) in [5.74, 6) is 2.45. The first-order valence-electron chi connectivity index (χ1n) is 11.5. The van der Waals surface area contributed by atoms with Gasteiger partial charge < -0.3 is 29.2 Å². The summed E-state index contributed by atoms with van der Waals surface area (Å²) >= 11 is 0. The highest BCUT2D eigenvalue weighted by Gasteiger charge is 2.35. The van der Waals surface area contributed by atoms with Crippen molar-refractivity contribution in [2.75, 3.05) is 73.4 Å². The summed E-state index contributed by atoms with van der Waals surface area (Å²) in [6.45, 7) is 9.21. The molecule has 0 spiro atoms. The second-order valence-corrected chi connectivity index (χ2v) is 8.42. The van der Waals surface area contributed by atoms with Crippen LogP contribution in [-0.4, -0.2) is 84.3 Å². The molecule has 1 aromatic carbocycles. The average molecular weight is 562 g/mol. The Bertz CT molecular complexity index is 680. The Kier molecular flexibility index (Phi) is 12.1. The first-order valence-corrected chi connectivity index (χ1v) is 11.5. The molecule has 32 heavy (non-hydrogen) atoms. The van der Waals surface area contributed by atoms with E-state index < -0.39 is 0 Å². The van der Waals surface area contributed by atoms with Crippen LogP contribution in [0.1, 0.15) is 31.7 Å². The molecule has 2 heterocycles. The molecule has 1 unspecified atom stereocenters. The third-order valence-electron chi connectivity index (χ3n) is 6.40. The van der Waals surface area contributed by atoms with E-state index in [-0.39, 0.29) is 29.4 Å². The highest BCUT2D eigenvalue weighted by molar-refractivity contribution is 14.0. The number of hydrogen-bond donors (Lipinski definition) is 1. The third-order valence-corrected chi connectivity index (χ3v) is 6.40. The van der Waals surface area contributed by atoms with Crippen molar-refractivity contribution in [3.63, 3.8) is 0 Å². The number of nitrogens with zero attached hydrogens (tertiary/aromatic N) is 2. The summed E-state index contributed by atoms with van der Waals surface area (Å²) in [5.41, 5.74) is 1.38. The predicted octanol–water partition coefficient (Wildman–Crippen LogP) is 3.31. The largest absolute Gasteiger partial charge is 0.494 e. The first-order chi connectivity index (χ1) is 15.2. The molecule has 0 aliphatic carbocycles. The first kappa shape index (κ1) is 27.1. The van der Waals surface area contributed by atoms with Gasteiger partial charge in [-0.3, -0.25) is 4.99 Å². The SMILES string of the molecule is CCOc1ccc(C2(CNC(=NC)N3CCC(COCCOC)C3)CCOCC2)cc1.I. The lowest BCUT2D eigenvalue weighted by Crippen LogP contribution is -2.49. The maximum absolute atomic E-state index is 5.74. The summed E-state index contributed by atoms with van der Waals surface area (Å²) in [5, 5.41) is 3.69. The van der Waals surface area contributed by atoms with Crippen LogP contribution in [0.4, 0.5) is 0 Å². The van der Waals surface area contributed by atoms with E-state index in [0.717, 1.165) is 70.4 Å². The van der Waals surface area contributed by atoms with E-state index >= 15 is 0 Å². The molecule has 7 nitrogen and oxygen atoms in total. The number of guanidine groups is 1. The minimum absolute atomic E-state index is 0. The molecule has 0 saturated carbocycles. The summed E-state index contributed by atoms with van der Waals surface area (Å²) in [6, 6.07) is 8.59. The van der Waals surface area contributed by atoms with Gasteiger partial charge in [-0.15, -0.1) is 24.0 Å². The van der Waals surface area contributed by atoms with Gasteiger partial charge in [0, 0.05) is 58.3 Å². The monoisotopic (exact) mass is 561 g/mol.